The quantitative estimate of drug-likeness (QED) is 0.812. The van der Waals surface area contributed by atoms with Gasteiger partial charge in [0.15, 0.2) is 0 Å². The fraction of sp³-hybridized carbons (Fsp3) is 0.263. The summed E-state index contributed by atoms with van der Waals surface area (Å²) in [6.07, 6.45) is 0. The van der Waals surface area contributed by atoms with Crippen molar-refractivity contribution in [3.05, 3.63) is 63.6 Å². The van der Waals surface area contributed by atoms with Crippen LogP contribution in [0.15, 0.2) is 42.5 Å². The van der Waals surface area contributed by atoms with Gasteiger partial charge in [-0.25, -0.2) is 0 Å². The molecule has 4 nitrogen and oxygen atoms in total. The molecule has 0 fully saturated rings. The van der Waals surface area contributed by atoms with Gasteiger partial charge >= 0.3 is 0 Å². The Bertz CT molecular complexity index is 761. The van der Waals surface area contributed by atoms with Gasteiger partial charge in [0.2, 0.25) is 5.91 Å². The van der Waals surface area contributed by atoms with E-state index < -0.39 is 0 Å². The number of amides is 2. The minimum Gasteiger partial charge on any atom is -0.343 e. The maximum Gasteiger partial charge on any atom is 0.251 e. The molecule has 132 valence electrons. The highest BCUT2D eigenvalue weighted by Gasteiger charge is 2.14. The SMILES string of the molecule is CC(C)(C)c1ccc(C(=O)NCC(=O)Nc2cc(Cl)cc(Cl)c2)cc1. The van der Waals surface area contributed by atoms with E-state index in [1.54, 1.807) is 30.3 Å². The number of benzene rings is 2. The Kier molecular flexibility index (Phi) is 6.09. The molecule has 2 amide bonds. The Morgan fingerprint density at radius 3 is 2.04 bits per heavy atom. The molecule has 0 saturated heterocycles. The zero-order valence-corrected chi connectivity index (χ0v) is 15.8. The van der Waals surface area contributed by atoms with Crippen LogP contribution in [0, 0.1) is 0 Å². The number of hydrogen-bond donors (Lipinski definition) is 2. The van der Waals surface area contributed by atoms with Crippen molar-refractivity contribution < 1.29 is 9.59 Å². The second kappa shape index (κ2) is 7.89. The summed E-state index contributed by atoms with van der Waals surface area (Å²) in [4.78, 5) is 24.1. The predicted molar refractivity (Wildman–Crippen MR) is 103 cm³/mol. The van der Waals surface area contributed by atoms with E-state index in [-0.39, 0.29) is 23.8 Å². The second-order valence-electron chi connectivity index (χ2n) is 6.72. The van der Waals surface area contributed by atoms with Crippen LogP contribution >= 0.6 is 23.2 Å². The highest BCUT2D eigenvalue weighted by atomic mass is 35.5. The van der Waals surface area contributed by atoms with Crippen molar-refractivity contribution in [1.82, 2.24) is 5.32 Å². The van der Waals surface area contributed by atoms with Gasteiger partial charge < -0.3 is 10.6 Å². The number of nitrogens with one attached hydrogen (secondary N) is 2. The number of carbonyl (C=O) groups excluding carboxylic acids is 2. The van der Waals surface area contributed by atoms with Crippen molar-refractivity contribution in [3.8, 4) is 0 Å². The van der Waals surface area contributed by atoms with Gasteiger partial charge in [-0.2, -0.15) is 0 Å². The van der Waals surface area contributed by atoms with Crippen molar-refractivity contribution in [2.75, 3.05) is 11.9 Å². The third-order valence-corrected chi connectivity index (χ3v) is 4.01. The molecule has 0 spiro atoms. The highest BCUT2D eigenvalue weighted by molar-refractivity contribution is 6.35. The summed E-state index contributed by atoms with van der Waals surface area (Å²) in [5, 5.41) is 6.07. The lowest BCUT2D eigenvalue weighted by molar-refractivity contribution is -0.115. The van der Waals surface area contributed by atoms with Crippen LogP contribution in [-0.2, 0) is 10.2 Å². The van der Waals surface area contributed by atoms with Crippen molar-refractivity contribution in [3.63, 3.8) is 0 Å². The van der Waals surface area contributed by atoms with Gasteiger partial charge in [-0.3, -0.25) is 9.59 Å². The summed E-state index contributed by atoms with van der Waals surface area (Å²) >= 11 is 11.8. The van der Waals surface area contributed by atoms with Crippen LogP contribution in [0.5, 0.6) is 0 Å². The van der Waals surface area contributed by atoms with E-state index in [0.29, 0.717) is 21.3 Å². The Labute approximate surface area is 157 Å². The number of anilines is 1. The smallest absolute Gasteiger partial charge is 0.251 e. The Morgan fingerprint density at radius 1 is 0.960 bits per heavy atom. The topological polar surface area (TPSA) is 58.2 Å². The normalized spacial score (nSPS) is 11.1. The van der Waals surface area contributed by atoms with E-state index in [2.05, 4.69) is 31.4 Å². The maximum atomic E-state index is 12.1. The molecular formula is C19H20Cl2N2O2. The van der Waals surface area contributed by atoms with E-state index >= 15 is 0 Å². The molecule has 0 aromatic heterocycles. The first-order valence-electron chi connectivity index (χ1n) is 7.80. The third-order valence-electron chi connectivity index (χ3n) is 3.57. The van der Waals surface area contributed by atoms with Gasteiger partial charge in [0.25, 0.3) is 5.91 Å². The molecular weight excluding hydrogens is 359 g/mol. The standard InChI is InChI=1S/C19H20Cl2N2O2/c1-19(2,3)13-6-4-12(5-7-13)18(25)22-11-17(24)23-16-9-14(20)8-15(21)10-16/h4-10H,11H2,1-3H3,(H,22,25)(H,23,24). The lowest BCUT2D eigenvalue weighted by atomic mass is 9.87. The monoisotopic (exact) mass is 378 g/mol. The molecule has 0 aliphatic carbocycles. The number of halogens is 2. The predicted octanol–water partition coefficient (Wildman–Crippen LogP) is 4.66. The average Bonchev–Trinajstić information content (AvgIpc) is 2.51. The van der Waals surface area contributed by atoms with E-state index in [1.165, 1.54) is 0 Å². The molecule has 0 aliphatic rings. The van der Waals surface area contributed by atoms with E-state index in [0.717, 1.165) is 5.56 Å². The molecule has 0 heterocycles. The molecule has 6 heteroatoms. The van der Waals surface area contributed by atoms with Crippen LogP contribution in [0.4, 0.5) is 5.69 Å². The van der Waals surface area contributed by atoms with Crippen molar-refractivity contribution >= 4 is 40.7 Å². The van der Waals surface area contributed by atoms with Gasteiger partial charge in [-0.05, 0) is 41.3 Å². The summed E-state index contributed by atoms with van der Waals surface area (Å²) < 4.78 is 0. The average molecular weight is 379 g/mol. The largest absolute Gasteiger partial charge is 0.343 e. The first kappa shape index (κ1) is 19.3. The lowest BCUT2D eigenvalue weighted by Gasteiger charge is -2.19. The molecule has 2 N–H and O–H groups in total. The number of hydrogen-bond acceptors (Lipinski definition) is 2. The van der Waals surface area contributed by atoms with Gasteiger partial charge in [-0.1, -0.05) is 56.1 Å². The minimum absolute atomic E-state index is 0.0210. The highest BCUT2D eigenvalue weighted by Crippen LogP contribution is 2.23. The molecule has 25 heavy (non-hydrogen) atoms. The molecule has 0 atom stereocenters. The van der Waals surface area contributed by atoms with Crippen LogP contribution in [0.2, 0.25) is 10.0 Å². The summed E-state index contributed by atoms with van der Waals surface area (Å²) in [5.74, 6) is -0.669. The fourth-order valence-corrected chi connectivity index (χ4v) is 2.74. The Balaban J connectivity index is 1.91. The van der Waals surface area contributed by atoms with Crippen LogP contribution in [0.3, 0.4) is 0 Å². The van der Waals surface area contributed by atoms with E-state index in [9.17, 15) is 9.59 Å². The summed E-state index contributed by atoms with van der Waals surface area (Å²) in [6, 6.07) is 12.1. The Morgan fingerprint density at radius 2 is 1.52 bits per heavy atom. The van der Waals surface area contributed by atoms with Crippen molar-refractivity contribution in [2.45, 2.75) is 26.2 Å². The molecule has 2 aromatic carbocycles. The second-order valence-corrected chi connectivity index (χ2v) is 7.59. The number of rotatable bonds is 4. The van der Waals surface area contributed by atoms with Crippen LogP contribution in [0.25, 0.3) is 0 Å². The molecule has 0 unspecified atom stereocenters. The molecule has 0 bridgehead atoms. The molecule has 2 aromatic rings. The summed E-state index contributed by atoms with van der Waals surface area (Å²) in [5.41, 5.74) is 2.14. The Hall–Kier alpha value is -2.04. The lowest BCUT2D eigenvalue weighted by Crippen LogP contribution is -2.32. The van der Waals surface area contributed by atoms with Gasteiger partial charge in [0, 0.05) is 21.3 Å². The minimum atomic E-state index is -0.363. The van der Waals surface area contributed by atoms with Crippen LogP contribution in [-0.4, -0.2) is 18.4 Å². The zero-order chi connectivity index (χ0) is 18.6. The first-order valence-corrected chi connectivity index (χ1v) is 8.55. The fourth-order valence-electron chi connectivity index (χ4n) is 2.22. The zero-order valence-electron chi connectivity index (χ0n) is 14.3. The van der Waals surface area contributed by atoms with Crippen LogP contribution < -0.4 is 10.6 Å². The summed E-state index contributed by atoms with van der Waals surface area (Å²) in [6.45, 7) is 6.17. The molecule has 0 aliphatic heterocycles. The van der Waals surface area contributed by atoms with Gasteiger partial charge in [-0.15, -0.1) is 0 Å². The van der Waals surface area contributed by atoms with E-state index in [4.69, 9.17) is 23.2 Å². The molecule has 2 rings (SSSR count). The van der Waals surface area contributed by atoms with Gasteiger partial charge in [0.1, 0.15) is 0 Å². The molecule has 0 saturated carbocycles. The van der Waals surface area contributed by atoms with Gasteiger partial charge in [0.05, 0.1) is 6.54 Å². The van der Waals surface area contributed by atoms with E-state index in [1.807, 2.05) is 12.1 Å². The maximum absolute atomic E-state index is 12.1. The first-order chi connectivity index (χ1) is 11.6. The summed E-state index contributed by atoms with van der Waals surface area (Å²) in [7, 11) is 0. The van der Waals surface area contributed by atoms with Crippen LogP contribution in [0.1, 0.15) is 36.7 Å². The molecule has 0 radical (unpaired) electrons. The third kappa shape index (κ3) is 5.76. The van der Waals surface area contributed by atoms with Crippen molar-refractivity contribution in [1.29, 1.82) is 0 Å². The number of carbonyl (C=O) groups is 2. The van der Waals surface area contributed by atoms with Crippen molar-refractivity contribution in [2.24, 2.45) is 0 Å².